The largest absolute Gasteiger partial charge is 0.485 e. The molecule has 0 radical (unpaired) electrons. The number of rotatable bonds is 3. The van der Waals surface area contributed by atoms with Crippen molar-refractivity contribution in [3.05, 3.63) is 24.3 Å². The predicted octanol–water partition coefficient (Wildman–Crippen LogP) is 1.98. The van der Waals surface area contributed by atoms with Gasteiger partial charge in [-0.25, -0.2) is 0 Å². The molecule has 0 saturated heterocycles. The van der Waals surface area contributed by atoms with E-state index in [1.807, 2.05) is 12.1 Å². The number of hydrogen-bond donors (Lipinski definition) is 2. The molecule has 6 heteroatoms. The lowest BCUT2D eigenvalue weighted by atomic mass is 9.74. The molecule has 3 unspecified atom stereocenters. The molecule has 1 amide bonds. The molecule has 1 fully saturated rings. The third-order valence-corrected chi connectivity index (χ3v) is 4.72. The van der Waals surface area contributed by atoms with Gasteiger partial charge in [0.2, 0.25) is 6.10 Å². The van der Waals surface area contributed by atoms with E-state index in [4.69, 9.17) is 9.47 Å². The van der Waals surface area contributed by atoms with E-state index >= 15 is 0 Å². The van der Waals surface area contributed by atoms with Crippen LogP contribution in [0.15, 0.2) is 24.3 Å². The summed E-state index contributed by atoms with van der Waals surface area (Å²) < 4.78 is 11.2. The van der Waals surface area contributed by atoms with Crippen molar-refractivity contribution < 1.29 is 24.2 Å². The summed E-state index contributed by atoms with van der Waals surface area (Å²) in [6.07, 6.45) is 2.25. The fraction of sp³-hybridized carbons (Fsp3) is 0.529. The molecular weight excluding hydrogens is 298 g/mol. The lowest BCUT2D eigenvalue weighted by molar-refractivity contribution is -0.147. The number of carbonyl (C=O) groups is 2. The van der Waals surface area contributed by atoms with Gasteiger partial charge in [0.1, 0.15) is 6.61 Å². The van der Waals surface area contributed by atoms with Gasteiger partial charge in [-0.3, -0.25) is 9.59 Å². The maximum Gasteiger partial charge on any atom is 0.308 e. The first-order valence-corrected chi connectivity index (χ1v) is 7.93. The van der Waals surface area contributed by atoms with Crippen LogP contribution in [-0.4, -0.2) is 35.2 Å². The molecule has 3 atom stereocenters. The molecule has 0 spiro atoms. The topological polar surface area (TPSA) is 84.9 Å². The first-order chi connectivity index (χ1) is 11.0. The maximum absolute atomic E-state index is 12.5. The van der Waals surface area contributed by atoms with Crippen molar-refractivity contribution in [2.75, 3.05) is 6.61 Å². The van der Waals surface area contributed by atoms with Crippen molar-refractivity contribution >= 4 is 11.9 Å². The van der Waals surface area contributed by atoms with Crippen LogP contribution >= 0.6 is 0 Å². The second-order valence-electron chi connectivity index (χ2n) is 6.41. The van der Waals surface area contributed by atoms with Crippen LogP contribution in [0.25, 0.3) is 0 Å². The van der Waals surface area contributed by atoms with E-state index in [1.54, 1.807) is 19.1 Å². The number of carboxylic acid groups (broad SMARTS) is 1. The molecule has 1 aliphatic heterocycles. The Labute approximate surface area is 134 Å². The normalized spacial score (nSPS) is 29.6. The Kier molecular flexibility index (Phi) is 4.15. The Morgan fingerprint density at radius 2 is 2.00 bits per heavy atom. The summed E-state index contributed by atoms with van der Waals surface area (Å²) >= 11 is 0. The molecule has 1 saturated carbocycles. The van der Waals surface area contributed by atoms with Crippen LogP contribution in [-0.2, 0) is 9.59 Å². The van der Waals surface area contributed by atoms with Crippen molar-refractivity contribution in [1.82, 2.24) is 5.32 Å². The Bertz CT molecular complexity index is 617. The van der Waals surface area contributed by atoms with Gasteiger partial charge in [0.15, 0.2) is 11.5 Å². The van der Waals surface area contributed by atoms with E-state index < -0.39 is 23.5 Å². The maximum atomic E-state index is 12.5. The third kappa shape index (κ3) is 3.11. The summed E-state index contributed by atoms with van der Waals surface area (Å²) in [5.74, 6) is -0.614. The highest BCUT2D eigenvalue weighted by molar-refractivity contribution is 5.83. The molecule has 0 bridgehead atoms. The zero-order chi connectivity index (χ0) is 16.4. The number of hydrogen-bond acceptors (Lipinski definition) is 4. The molecular formula is C17H21NO5. The molecule has 23 heavy (non-hydrogen) atoms. The summed E-state index contributed by atoms with van der Waals surface area (Å²) in [6, 6.07) is 7.18. The minimum absolute atomic E-state index is 0.122. The lowest BCUT2D eigenvalue weighted by Gasteiger charge is -2.40. The number of aliphatic carboxylic acids is 1. The Hall–Kier alpha value is -2.24. The first-order valence-electron chi connectivity index (χ1n) is 7.93. The van der Waals surface area contributed by atoms with Gasteiger partial charge >= 0.3 is 5.97 Å². The smallest absolute Gasteiger partial charge is 0.308 e. The average molecular weight is 319 g/mol. The minimum atomic E-state index is -0.862. The van der Waals surface area contributed by atoms with Crippen LogP contribution in [0.1, 0.15) is 32.6 Å². The standard InChI is InChI=1S/C17H21NO5/c1-17(9-5-4-6-11(17)16(20)21)18-15(19)14-10-22-12-7-2-3-8-13(12)23-14/h2-3,7-8,11,14H,4-6,9-10H2,1H3,(H,18,19)(H,20,21). The molecule has 2 N–H and O–H groups in total. The van der Waals surface area contributed by atoms with E-state index in [9.17, 15) is 14.7 Å². The summed E-state index contributed by atoms with van der Waals surface area (Å²) in [4.78, 5) is 24.0. The molecule has 0 aromatic heterocycles. The van der Waals surface area contributed by atoms with Crippen molar-refractivity contribution in [3.63, 3.8) is 0 Å². The van der Waals surface area contributed by atoms with Gasteiger partial charge in [0, 0.05) is 0 Å². The van der Waals surface area contributed by atoms with Crippen LogP contribution in [0.5, 0.6) is 11.5 Å². The van der Waals surface area contributed by atoms with Crippen molar-refractivity contribution in [2.24, 2.45) is 5.92 Å². The number of carboxylic acids is 1. The SMILES string of the molecule is CC1(NC(=O)C2COc3ccccc3O2)CCCCC1C(=O)O. The highest BCUT2D eigenvalue weighted by Gasteiger charge is 2.43. The highest BCUT2D eigenvalue weighted by Crippen LogP contribution is 2.35. The van der Waals surface area contributed by atoms with Gasteiger partial charge in [0.05, 0.1) is 11.5 Å². The van der Waals surface area contributed by atoms with Gasteiger partial charge in [-0.1, -0.05) is 25.0 Å². The Morgan fingerprint density at radius 3 is 2.74 bits per heavy atom. The molecule has 1 aromatic rings. The zero-order valence-corrected chi connectivity index (χ0v) is 13.1. The van der Waals surface area contributed by atoms with E-state index in [0.717, 1.165) is 12.8 Å². The van der Waals surface area contributed by atoms with Gasteiger partial charge < -0.3 is 19.9 Å². The lowest BCUT2D eigenvalue weighted by Crippen LogP contribution is -2.59. The van der Waals surface area contributed by atoms with Crippen LogP contribution in [0.2, 0.25) is 0 Å². The van der Waals surface area contributed by atoms with E-state index in [1.165, 1.54) is 0 Å². The number of para-hydroxylation sites is 2. The molecule has 2 aliphatic rings. The number of nitrogens with one attached hydrogen (secondary N) is 1. The fourth-order valence-electron chi connectivity index (χ4n) is 3.39. The van der Waals surface area contributed by atoms with Crippen molar-refractivity contribution in [2.45, 2.75) is 44.2 Å². The predicted molar refractivity (Wildman–Crippen MR) is 82.5 cm³/mol. The first kappa shape index (κ1) is 15.6. The van der Waals surface area contributed by atoms with E-state index in [2.05, 4.69) is 5.32 Å². The minimum Gasteiger partial charge on any atom is -0.485 e. The summed E-state index contributed by atoms with van der Waals surface area (Å²) in [6.45, 7) is 1.93. The highest BCUT2D eigenvalue weighted by atomic mass is 16.6. The molecule has 3 rings (SSSR count). The quantitative estimate of drug-likeness (QED) is 0.890. The number of fused-ring (bicyclic) bond motifs is 1. The van der Waals surface area contributed by atoms with Crippen LogP contribution < -0.4 is 14.8 Å². The third-order valence-electron chi connectivity index (χ3n) is 4.72. The number of ether oxygens (including phenoxy) is 2. The monoisotopic (exact) mass is 319 g/mol. The molecule has 1 heterocycles. The number of carbonyl (C=O) groups excluding carboxylic acids is 1. The van der Waals surface area contributed by atoms with Crippen LogP contribution in [0, 0.1) is 5.92 Å². The fourth-order valence-corrected chi connectivity index (χ4v) is 3.39. The van der Waals surface area contributed by atoms with E-state index in [0.29, 0.717) is 24.3 Å². The summed E-state index contributed by atoms with van der Waals surface area (Å²) in [5, 5.41) is 12.3. The van der Waals surface area contributed by atoms with Gasteiger partial charge in [-0.15, -0.1) is 0 Å². The Morgan fingerprint density at radius 1 is 1.26 bits per heavy atom. The number of benzene rings is 1. The Balaban J connectivity index is 1.70. The zero-order valence-electron chi connectivity index (χ0n) is 13.1. The van der Waals surface area contributed by atoms with E-state index in [-0.39, 0.29) is 12.5 Å². The van der Waals surface area contributed by atoms with Gasteiger partial charge in [0.25, 0.3) is 5.91 Å². The molecule has 1 aliphatic carbocycles. The molecule has 124 valence electrons. The molecule has 6 nitrogen and oxygen atoms in total. The van der Waals surface area contributed by atoms with Gasteiger partial charge in [-0.05, 0) is 31.9 Å². The average Bonchev–Trinajstić information content (AvgIpc) is 2.54. The second kappa shape index (κ2) is 6.10. The van der Waals surface area contributed by atoms with Gasteiger partial charge in [-0.2, -0.15) is 0 Å². The summed E-state index contributed by atoms with van der Waals surface area (Å²) in [5.41, 5.74) is -0.749. The van der Waals surface area contributed by atoms with Crippen molar-refractivity contribution in [1.29, 1.82) is 0 Å². The van der Waals surface area contributed by atoms with Crippen LogP contribution in [0.4, 0.5) is 0 Å². The second-order valence-corrected chi connectivity index (χ2v) is 6.41. The van der Waals surface area contributed by atoms with Crippen LogP contribution in [0.3, 0.4) is 0 Å². The molecule has 1 aromatic carbocycles. The van der Waals surface area contributed by atoms with Crippen molar-refractivity contribution in [3.8, 4) is 11.5 Å². The number of amides is 1. The summed E-state index contributed by atoms with van der Waals surface area (Å²) in [7, 11) is 0.